The van der Waals surface area contributed by atoms with Gasteiger partial charge >= 0.3 is 0 Å². The zero-order valence-corrected chi connectivity index (χ0v) is 14.4. The van der Waals surface area contributed by atoms with Crippen LogP contribution in [-0.2, 0) is 6.54 Å². The van der Waals surface area contributed by atoms with Crippen molar-refractivity contribution >= 4 is 5.82 Å². The van der Waals surface area contributed by atoms with Crippen LogP contribution in [0.5, 0.6) is 0 Å². The quantitative estimate of drug-likeness (QED) is 0.713. The van der Waals surface area contributed by atoms with E-state index in [0.29, 0.717) is 18.2 Å². The molecule has 1 aliphatic heterocycles. The van der Waals surface area contributed by atoms with Gasteiger partial charge in [-0.3, -0.25) is 0 Å². The first-order valence-electron chi connectivity index (χ1n) is 8.44. The SMILES string of the molecule is CCC1c2cc(F)c(F)cc2CN1c1nc(-c2ncccn2)ncc1C. The minimum absolute atomic E-state index is 0.0711. The lowest BCUT2D eigenvalue weighted by Gasteiger charge is -2.26. The van der Waals surface area contributed by atoms with E-state index in [4.69, 9.17) is 0 Å². The second-order valence-corrected chi connectivity index (χ2v) is 6.29. The molecule has 26 heavy (non-hydrogen) atoms. The van der Waals surface area contributed by atoms with Crippen LogP contribution < -0.4 is 4.90 Å². The predicted molar refractivity (Wildman–Crippen MR) is 93.4 cm³/mol. The number of aryl methyl sites for hydroxylation is 1. The Morgan fingerprint density at radius 2 is 1.81 bits per heavy atom. The summed E-state index contributed by atoms with van der Waals surface area (Å²) >= 11 is 0. The Morgan fingerprint density at radius 1 is 1.08 bits per heavy atom. The Hall–Kier alpha value is -2.96. The van der Waals surface area contributed by atoms with Crippen LogP contribution >= 0.6 is 0 Å². The smallest absolute Gasteiger partial charge is 0.199 e. The van der Waals surface area contributed by atoms with Crippen molar-refractivity contribution in [2.24, 2.45) is 0 Å². The van der Waals surface area contributed by atoms with Crippen LogP contribution in [0.2, 0.25) is 0 Å². The second kappa shape index (κ2) is 6.40. The molecule has 0 amide bonds. The minimum Gasteiger partial charge on any atom is -0.345 e. The third kappa shape index (κ3) is 2.69. The zero-order valence-electron chi connectivity index (χ0n) is 14.4. The molecule has 1 aromatic carbocycles. The fourth-order valence-corrected chi connectivity index (χ4v) is 3.42. The lowest BCUT2D eigenvalue weighted by atomic mass is 10.0. The van der Waals surface area contributed by atoms with E-state index in [9.17, 15) is 8.78 Å². The number of anilines is 1. The molecule has 3 heterocycles. The summed E-state index contributed by atoms with van der Waals surface area (Å²) in [6.07, 6.45) is 5.75. The van der Waals surface area contributed by atoms with E-state index in [1.54, 1.807) is 24.7 Å². The summed E-state index contributed by atoms with van der Waals surface area (Å²) in [5.41, 5.74) is 2.48. The standard InChI is InChI=1S/C19H17F2N5/c1-3-16-13-8-15(21)14(20)7-12(13)10-26(16)19-11(2)9-24-18(25-19)17-22-5-4-6-23-17/h4-9,16H,3,10H2,1-2H3. The number of halogens is 2. The summed E-state index contributed by atoms with van der Waals surface area (Å²) in [4.78, 5) is 19.4. The molecular formula is C19H17F2N5. The highest BCUT2D eigenvalue weighted by molar-refractivity contribution is 5.57. The Balaban J connectivity index is 1.78. The molecule has 132 valence electrons. The second-order valence-electron chi connectivity index (χ2n) is 6.29. The summed E-state index contributed by atoms with van der Waals surface area (Å²) in [7, 11) is 0. The predicted octanol–water partition coefficient (Wildman–Crippen LogP) is 3.99. The molecule has 0 saturated carbocycles. The molecule has 1 atom stereocenters. The molecule has 0 aliphatic carbocycles. The summed E-state index contributed by atoms with van der Waals surface area (Å²) < 4.78 is 27.4. The van der Waals surface area contributed by atoms with Gasteiger partial charge in [0.2, 0.25) is 0 Å². The summed E-state index contributed by atoms with van der Waals surface area (Å²) in [5, 5.41) is 0. The fourth-order valence-electron chi connectivity index (χ4n) is 3.42. The number of rotatable bonds is 3. The average molecular weight is 353 g/mol. The van der Waals surface area contributed by atoms with Crippen LogP contribution in [0.4, 0.5) is 14.6 Å². The minimum atomic E-state index is -0.821. The number of hydrogen-bond acceptors (Lipinski definition) is 5. The third-order valence-electron chi connectivity index (χ3n) is 4.63. The van der Waals surface area contributed by atoms with Crippen LogP contribution in [0.25, 0.3) is 11.6 Å². The number of aromatic nitrogens is 4. The lowest BCUT2D eigenvalue weighted by Crippen LogP contribution is -2.23. The molecule has 0 spiro atoms. The van der Waals surface area contributed by atoms with Gasteiger partial charge in [-0.05, 0) is 42.7 Å². The molecule has 7 heteroatoms. The van der Waals surface area contributed by atoms with Gasteiger partial charge in [-0.2, -0.15) is 0 Å². The molecule has 0 radical (unpaired) electrons. The summed E-state index contributed by atoms with van der Waals surface area (Å²) in [6, 6.07) is 4.24. The van der Waals surface area contributed by atoms with Crippen molar-refractivity contribution in [2.75, 3.05) is 4.90 Å². The van der Waals surface area contributed by atoms with E-state index in [0.717, 1.165) is 28.9 Å². The third-order valence-corrected chi connectivity index (χ3v) is 4.63. The molecule has 1 aliphatic rings. The van der Waals surface area contributed by atoms with Gasteiger partial charge in [0, 0.05) is 30.7 Å². The van der Waals surface area contributed by atoms with Crippen molar-refractivity contribution in [3.8, 4) is 11.6 Å². The average Bonchev–Trinajstić information content (AvgIpc) is 3.00. The van der Waals surface area contributed by atoms with Gasteiger partial charge in [0.05, 0.1) is 6.04 Å². The molecule has 0 bridgehead atoms. The van der Waals surface area contributed by atoms with Gasteiger partial charge in [-0.15, -0.1) is 0 Å². The van der Waals surface area contributed by atoms with Crippen molar-refractivity contribution < 1.29 is 8.78 Å². The molecule has 5 nitrogen and oxygen atoms in total. The van der Waals surface area contributed by atoms with Crippen LogP contribution in [0.3, 0.4) is 0 Å². The largest absolute Gasteiger partial charge is 0.345 e. The van der Waals surface area contributed by atoms with Crippen LogP contribution in [0, 0.1) is 18.6 Å². The van der Waals surface area contributed by atoms with E-state index in [2.05, 4.69) is 24.8 Å². The van der Waals surface area contributed by atoms with Gasteiger partial charge in [0.1, 0.15) is 5.82 Å². The first-order chi connectivity index (χ1) is 12.6. The fraction of sp³-hybridized carbons (Fsp3) is 0.263. The Bertz CT molecular complexity index is 962. The maximum Gasteiger partial charge on any atom is 0.199 e. The number of hydrogen-bond donors (Lipinski definition) is 0. The van der Waals surface area contributed by atoms with Crippen molar-refractivity contribution in [3.05, 3.63) is 65.1 Å². The summed E-state index contributed by atoms with van der Waals surface area (Å²) in [5.74, 6) is -0.0450. The van der Waals surface area contributed by atoms with E-state index >= 15 is 0 Å². The van der Waals surface area contributed by atoms with Crippen molar-refractivity contribution in [1.29, 1.82) is 0 Å². The normalized spacial score (nSPS) is 16.0. The molecule has 2 aromatic heterocycles. The number of benzene rings is 1. The van der Waals surface area contributed by atoms with Crippen LogP contribution in [-0.4, -0.2) is 19.9 Å². The van der Waals surface area contributed by atoms with E-state index < -0.39 is 11.6 Å². The highest BCUT2D eigenvalue weighted by atomic mass is 19.2. The van der Waals surface area contributed by atoms with Crippen molar-refractivity contribution in [2.45, 2.75) is 32.9 Å². The van der Waals surface area contributed by atoms with Crippen LogP contribution in [0.1, 0.15) is 36.1 Å². The van der Waals surface area contributed by atoms with Gasteiger partial charge in [0.25, 0.3) is 0 Å². The van der Waals surface area contributed by atoms with Gasteiger partial charge < -0.3 is 4.90 Å². The number of nitrogens with zero attached hydrogens (tertiary/aromatic N) is 5. The molecule has 3 aromatic rings. The van der Waals surface area contributed by atoms with Crippen LogP contribution in [0.15, 0.2) is 36.8 Å². The highest BCUT2D eigenvalue weighted by Crippen LogP contribution is 2.40. The monoisotopic (exact) mass is 353 g/mol. The number of fused-ring (bicyclic) bond motifs is 1. The topological polar surface area (TPSA) is 54.8 Å². The maximum atomic E-state index is 13.7. The molecule has 0 saturated heterocycles. The summed E-state index contributed by atoms with van der Waals surface area (Å²) in [6.45, 7) is 4.41. The highest BCUT2D eigenvalue weighted by Gasteiger charge is 2.32. The molecular weight excluding hydrogens is 336 g/mol. The molecule has 0 fully saturated rings. The zero-order chi connectivity index (χ0) is 18.3. The Labute approximate surface area is 149 Å². The first-order valence-corrected chi connectivity index (χ1v) is 8.44. The lowest BCUT2D eigenvalue weighted by molar-refractivity contribution is 0.505. The van der Waals surface area contributed by atoms with E-state index in [1.165, 1.54) is 12.1 Å². The van der Waals surface area contributed by atoms with Gasteiger partial charge in [-0.1, -0.05) is 6.92 Å². The van der Waals surface area contributed by atoms with E-state index in [-0.39, 0.29) is 6.04 Å². The van der Waals surface area contributed by atoms with Gasteiger partial charge in [-0.25, -0.2) is 28.7 Å². The molecule has 0 N–H and O–H groups in total. The van der Waals surface area contributed by atoms with Crippen molar-refractivity contribution in [3.63, 3.8) is 0 Å². The Kier molecular flexibility index (Phi) is 4.06. The van der Waals surface area contributed by atoms with Crippen molar-refractivity contribution in [1.82, 2.24) is 19.9 Å². The van der Waals surface area contributed by atoms with Gasteiger partial charge in [0.15, 0.2) is 23.3 Å². The van der Waals surface area contributed by atoms with E-state index in [1.807, 2.05) is 13.8 Å². The molecule has 4 rings (SSSR count). The first kappa shape index (κ1) is 16.5. The Morgan fingerprint density at radius 3 is 2.54 bits per heavy atom. The maximum absolute atomic E-state index is 13.7. The molecule has 1 unspecified atom stereocenters.